The summed E-state index contributed by atoms with van der Waals surface area (Å²) in [5, 5.41) is 5.98. The van der Waals surface area contributed by atoms with Crippen LogP contribution < -0.4 is 20.1 Å². The fourth-order valence-corrected chi connectivity index (χ4v) is 3.32. The van der Waals surface area contributed by atoms with Gasteiger partial charge in [-0.1, -0.05) is 0 Å². The molecule has 0 aromatic heterocycles. The summed E-state index contributed by atoms with van der Waals surface area (Å²) in [6, 6.07) is 3.96. The van der Waals surface area contributed by atoms with Gasteiger partial charge in [0.15, 0.2) is 11.5 Å². The summed E-state index contributed by atoms with van der Waals surface area (Å²) in [5.41, 5.74) is 2.31. The maximum absolute atomic E-state index is 12.5. The summed E-state index contributed by atoms with van der Waals surface area (Å²) in [6.45, 7) is 3.37. The molecule has 1 saturated heterocycles. The summed E-state index contributed by atoms with van der Waals surface area (Å²) in [4.78, 5) is 26.1. The summed E-state index contributed by atoms with van der Waals surface area (Å²) in [5.74, 6) is 1.72. The Morgan fingerprint density at radius 3 is 2.44 bits per heavy atom. The van der Waals surface area contributed by atoms with E-state index in [1.165, 1.54) is 5.56 Å². The first-order valence-electron chi connectivity index (χ1n) is 9.12. The summed E-state index contributed by atoms with van der Waals surface area (Å²) >= 11 is 0. The van der Waals surface area contributed by atoms with Crippen molar-refractivity contribution in [2.75, 3.05) is 40.4 Å². The van der Waals surface area contributed by atoms with Gasteiger partial charge in [0.1, 0.15) is 0 Å². The monoisotopic (exact) mass is 397 g/mol. The van der Waals surface area contributed by atoms with E-state index < -0.39 is 0 Å². The van der Waals surface area contributed by atoms with Crippen LogP contribution in [0.5, 0.6) is 11.5 Å². The average Bonchev–Trinajstić information content (AvgIpc) is 2.61. The standard InChI is InChI=1S/C19H27N3O4.ClH/c1-25-16-8-13-5-7-22(12-14(13)9-17(16)26-2)18(23)4-3-6-21-19(24)15-10-20-11-15;/h8-9,15,20H,3-7,10-12H2,1-2H3,(H,21,24);1H. The first kappa shape index (κ1) is 21.3. The first-order chi connectivity index (χ1) is 12.6. The lowest BCUT2D eigenvalue weighted by molar-refractivity contribution is -0.132. The number of methoxy groups -OCH3 is 2. The van der Waals surface area contributed by atoms with Crippen LogP contribution in [-0.4, -0.2) is 57.1 Å². The third-order valence-electron chi connectivity index (χ3n) is 5.09. The number of hydrogen-bond acceptors (Lipinski definition) is 5. The highest BCUT2D eigenvalue weighted by atomic mass is 35.5. The zero-order chi connectivity index (χ0) is 18.5. The molecule has 2 aliphatic rings. The molecule has 2 heterocycles. The first-order valence-corrected chi connectivity index (χ1v) is 9.12. The van der Waals surface area contributed by atoms with Gasteiger partial charge in [-0.15, -0.1) is 12.4 Å². The number of carbonyl (C=O) groups excluding carboxylic acids is 2. The molecule has 0 radical (unpaired) electrons. The van der Waals surface area contributed by atoms with E-state index in [2.05, 4.69) is 10.6 Å². The molecule has 0 saturated carbocycles. The Morgan fingerprint density at radius 1 is 1.19 bits per heavy atom. The largest absolute Gasteiger partial charge is 0.493 e. The molecule has 1 aromatic carbocycles. The van der Waals surface area contributed by atoms with Gasteiger partial charge in [-0.25, -0.2) is 0 Å². The predicted molar refractivity (Wildman–Crippen MR) is 105 cm³/mol. The highest BCUT2D eigenvalue weighted by Crippen LogP contribution is 2.33. The fraction of sp³-hybridized carbons (Fsp3) is 0.579. The van der Waals surface area contributed by atoms with Crippen molar-refractivity contribution in [2.45, 2.75) is 25.8 Å². The van der Waals surface area contributed by atoms with E-state index in [0.717, 1.165) is 30.8 Å². The minimum absolute atomic E-state index is 0. The number of nitrogens with zero attached hydrogens (tertiary/aromatic N) is 1. The number of fused-ring (bicyclic) bond motifs is 1. The summed E-state index contributed by atoms with van der Waals surface area (Å²) in [6.07, 6.45) is 1.93. The average molecular weight is 398 g/mol. The molecule has 3 rings (SSSR count). The molecule has 1 aromatic rings. The van der Waals surface area contributed by atoms with Crippen LogP contribution >= 0.6 is 12.4 Å². The molecule has 0 aliphatic carbocycles. The zero-order valence-electron chi connectivity index (χ0n) is 15.9. The predicted octanol–water partition coefficient (Wildman–Crippen LogP) is 1.13. The van der Waals surface area contributed by atoms with Crippen molar-refractivity contribution in [3.63, 3.8) is 0 Å². The fourth-order valence-electron chi connectivity index (χ4n) is 3.32. The molecule has 0 spiro atoms. The third kappa shape index (κ3) is 5.05. The smallest absolute Gasteiger partial charge is 0.225 e. The van der Waals surface area contributed by atoms with E-state index in [1.807, 2.05) is 17.0 Å². The Balaban J connectivity index is 0.00000261. The van der Waals surface area contributed by atoms with Crippen LogP contribution in [0.1, 0.15) is 24.0 Å². The molecule has 2 N–H and O–H groups in total. The molecular weight excluding hydrogens is 370 g/mol. The number of nitrogens with one attached hydrogen (secondary N) is 2. The minimum atomic E-state index is 0. The van der Waals surface area contributed by atoms with Crippen LogP contribution in [0.25, 0.3) is 0 Å². The van der Waals surface area contributed by atoms with Gasteiger partial charge in [0.05, 0.1) is 20.1 Å². The van der Waals surface area contributed by atoms with Crippen LogP contribution in [-0.2, 0) is 22.6 Å². The Labute approximate surface area is 166 Å². The molecule has 27 heavy (non-hydrogen) atoms. The van der Waals surface area contributed by atoms with Crippen LogP contribution in [0, 0.1) is 5.92 Å². The van der Waals surface area contributed by atoms with Crippen molar-refractivity contribution >= 4 is 24.2 Å². The van der Waals surface area contributed by atoms with Crippen LogP contribution in [0.4, 0.5) is 0 Å². The topological polar surface area (TPSA) is 79.9 Å². The number of rotatable bonds is 7. The number of halogens is 1. The normalized spacial score (nSPS) is 15.9. The maximum atomic E-state index is 12.5. The number of ether oxygens (including phenoxy) is 2. The van der Waals surface area contributed by atoms with E-state index in [-0.39, 0.29) is 30.1 Å². The highest BCUT2D eigenvalue weighted by Gasteiger charge is 2.25. The van der Waals surface area contributed by atoms with Crippen molar-refractivity contribution in [3.05, 3.63) is 23.3 Å². The van der Waals surface area contributed by atoms with Crippen molar-refractivity contribution in [1.82, 2.24) is 15.5 Å². The van der Waals surface area contributed by atoms with Gasteiger partial charge in [0, 0.05) is 39.1 Å². The van der Waals surface area contributed by atoms with Gasteiger partial charge in [-0.2, -0.15) is 0 Å². The second kappa shape index (κ2) is 9.80. The molecule has 0 bridgehead atoms. The summed E-state index contributed by atoms with van der Waals surface area (Å²) in [7, 11) is 3.24. The van der Waals surface area contributed by atoms with Gasteiger partial charge >= 0.3 is 0 Å². The Hall–Kier alpha value is -1.99. The van der Waals surface area contributed by atoms with Gasteiger partial charge in [-0.3, -0.25) is 9.59 Å². The zero-order valence-corrected chi connectivity index (χ0v) is 16.7. The molecule has 8 heteroatoms. The minimum Gasteiger partial charge on any atom is -0.493 e. The second-order valence-corrected chi connectivity index (χ2v) is 6.79. The van der Waals surface area contributed by atoms with Gasteiger partial charge in [0.25, 0.3) is 0 Å². The maximum Gasteiger partial charge on any atom is 0.225 e. The number of amides is 2. The summed E-state index contributed by atoms with van der Waals surface area (Å²) < 4.78 is 10.7. The second-order valence-electron chi connectivity index (χ2n) is 6.79. The van der Waals surface area contributed by atoms with Crippen molar-refractivity contribution < 1.29 is 19.1 Å². The molecule has 7 nitrogen and oxygen atoms in total. The quantitative estimate of drug-likeness (QED) is 0.674. The highest BCUT2D eigenvalue weighted by molar-refractivity contribution is 5.85. The van der Waals surface area contributed by atoms with E-state index in [0.29, 0.717) is 38.2 Å². The number of benzene rings is 1. The number of carbonyl (C=O) groups is 2. The molecule has 150 valence electrons. The van der Waals surface area contributed by atoms with Crippen molar-refractivity contribution in [3.8, 4) is 11.5 Å². The van der Waals surface area contributed by atoms with E-state index >= 15 is 0 Å². The Kier molecular flexibility index (Phi) is 7.74. The molecule has 1 fully saturated rings. The molecule has 2 amide bonds. The van der Waals surface area contributed by atoms with Crippen LogP contribution in [0.2, 0.25) is 0 Å². The lowest BCUT2D eigenvalue weighted by atomic mass is 9.98. The van der Waals surface area contributed by atoms with Crippen molar-refractivity contribution in [2.24, 2.45) is 5.92 Å². The Morgan fingerprint density at radius 2 is 1.85 bits per heavy atom. The SMILES string of the molecule is COc1cc2c(cc1OC)CN(C(=O)CCCNC(=O)C1CNC1)CC2.Cl. The number of hydrogen-bond donors (Lipinski definition) is 2. The molecule has 0 unspecified atom stereocenters. The van der Waals surface area contributed by atoms with E-state index in [9.17, 15) is 9.59 Å². The molecule has 2 aliphatic heterocycles. The van der Waals surface area contributed by atoms with E-state index in [1.54, 1.807) is 14.2 Å². The lowest BCUT2D eigenvalue weighted by Gasteiger charge is -2.30. The van der Waals surface area contributed by atoms with E-state index in [4.69, 9.17) is 9.47 Å². The molecular formula is C19H28ClN3O4. The van der Waals surface area contributed by atoms with Gasteiger partial charge < -0.3 is 25.0 Å². The van der Waals surface area contributed by atoms with Gasteiger partial charge in [-0.05, 0) is 36.1 Å². The lowest BCUT2D eigenvalue weighted by Crippen LogP contribution is -2.50. The van der Waals surface area contributed by atoms with Crippen molar-refractivity contribution in [1.29, 1.82) is 0 Å². The third-order valence-corrected chi connectivity index (χ3v) is 5.09. The Bertz CT molecular complexity index is 679. The van der Waals surface area contributed by atoms with Gasteiger partial charge in [0.2, 0.25) is 11.8 Å². The van der Waals surface area contributed by atoms with Crippen LogP contribution in [0.15, 0.2) is 12.1 Å². The van der Waals surface area contributed by atoms with Crippen LogP contribution in [0.3, 0.4) is 0 Å². The molecule has 0 atom stereocenters.